The van der Waals surface area contributed by atoms with Gasteiger partial charge in [0.1, 0.15) is 5.75 Å². The van der Waals surface area contributed by atoms with Crippen molar-refractivity contribution in [3.63, 3.8) is 0 Å². The van der Waals surface area contributed by atoms with Crippen LogP contribution in [-0.4, -0.2) is 11.3 Å². The zero-order valence-electron chi connectivity index (χ0n) is 11.7. The van der Waals surface area contributed by atoms with E-state index in [0.29, 0.717) is 0 Å². The number of benzene rings is 1. The van der Waals surface area contributed by atoms with E-state index >= 15 is 0 Å². The highest BCUT2D eigenvalue weighted by atomic mass is 19.4. The molecule has 0 amide bonds. The van der Waals surface area contributed by atoms with Crippen molar-refractivity contribution in [3.8, 4) is 23.1 Å². The number of para-hydroxylation sites is 1. The summed E-state index contributed by atoms with van der Waals surface area (Å²) in [4.78, 5) is 3.57. The maximum atomic E-state index is 13.4. The predicted molar refractivity (Wildman–Crippen MR) is 70.7 cm³/mol. The van der Waals surface area contributed by atoms with Gasteiger partial charge in [0, 0.05) is 11.8 Å². The summed E-state index contributed by atoms with van der Waals surface area (Å²) in [5.41, 5.74) is -2.83. The zero-order valence-corrected chi connectivity index (χ0v) is 11.7. The van der Waals surface area contributed by atoms with E-state index in [1.165, 1.54) is 12.1 Å². The van der Waals surface area contributed by atoms with Crippen molar-refractivity contribution in [2.45, 2.75) is 19.0 Å². The first kappa shape index (κ1) is 17.6. The monoisotopic (exact) mass is 346 g/mol. The van der Waals surface area contributed by atoms with Crippen molar-refractivity contribution in [2.24, 2.45) is 0 Å². The lowest BCUT2D eigenvalue weighted by Crippen LogP contribution is -2.18. The van der Waals surface area contributed by atoms with Crippen LogP contribution in [0.1, 0.15) is 11.1 Å². The molecule has 0 aliphatic heterocycles. The van der Waals surface area contributed by atoms with Crippen molar-refractivity contribution in [1.82, 2.24) is 4.98 Å². The van der Waals surface area contributed by atoms with E-state index in [9.17, 15) is 26.3 Å². The Morgan fingerprint density at radius 3 is 2.29 bits per heavy atom. The average molecular weight is 346 g/mol. The summed E-state index contributed by atoms with van der Waals surface area (Å²) < 4.78 is 81.3. The fourth-order valence-electron chi connectivity index (χ4n) is 2.13. The molecule has 0 fully saturated rings. The Morgan fingerprint density at radius 2 is 1.71 bits per heavy atom. The Hall–Kier alpha value is -2.76. The number of alkyl halides is 6. The van der Waals surface area contributed by atoms with Crippen molar-refractivity contribution in [2.75, 3.05) is 0 Å². The van der Waals surface area contributed by atoms with E-state index in [4.69, 9.17) is 5.26 Å². The lowest BCUT2D eigenvalue weighted by molar-refractivity contribution is -0.274. The summed E-state index contributed by atoms with van der Waals surface area (Å²) in [6, 6.07) is 6.97. The first-order chi connectivity index (χ1) is 11.1. The van der Waals surface area contributed by atoms with Crippen LogP contribution in [0.5, 0.6) is 5.75 Å². The van der Waals surface area contributed by atoms with Crippen molar-refractivity contribution < 1.29 is 31.1 Å². The van der Waals surface area contributed by atoms with Crippen molar-refractivity contribution in [1.29, 1.82) is 5.26 Å². The fourth-order valence-corrected chi connectivity index (χ4v) is 2.13. The molecule has 0 saturated heterocycles. The molecule has 0 aliphatic rings. The van der Waals surface area contributed by atoms with Gasteiger partial charge in [-0.25, -0.2) is 0 Å². The van der Waals surface area contributed by atoms with E-state index in [1.54, 1.807) is 6.07 Å². The quantitative estimate of drug-likeness (QED) is 0.755. The van der Waals surface area contributed by atoms with Crippen molar-refractivity contribution in [3.05, 3.63) is 47.7 Å². The van der Waals surface area contributed by atoms with Crippen LogP contribution < -0.4 is 4.74 Å². The number of nitrogens with zero attached hydrogens (tertiary/aromatic N) is 2. The van der Waals surface area contributed by atoms with E-state index in [2.05, 4.69) is 9.72 Å². The number of hydrogen-bond donors (Lipinski definition) is 0. The molecule has 9 heteroatoms. The Morgan fingerprint density at radius 1 is 1.04 bits per heavy atom. The molecule has 0 unspecified atom stereocenters. The fraction of sp³-hybridized carbons (Fsp3) is 0.200. The molecule has 24 heavy (non-hydrogen) atoms. The van der Waals surface area contributed by atoms with Crippen LogP contribution in [0.15, 0.2) is 36.5 Å². The van der Waals surface area contributed by atoms with Gasteiger partial charge in [-0.15, -0.1) is 13.2 Å². The number of nitriles is 1. The maximum Gasteiger partial charge on any atom is 0.573 e. The van der Waals surface area contributed by atoms with Crippen LogP contribution in [0.25, 0.3) is 11.3 Å². The highest BCUT2D eigenvalue weighted by Crippen LogP contribution is 2.42. The van der Waals surface area contributed by atoms with E-state index in [1.807, 2.05) is 0 Å². The summed E-state index contributed by atoms with van der Waals surface area (Å²) >= 11 is 0. The first-order valence-electron chi connectivity index (χ1n) is 6.40. The lowest BCUT2D eigenvalue weighted by atomic mass is 9.98. The largest absolute Gasteiger partial charge is 0.573 e. The molecule has 0 saturated carbocycles. The minimum absolute atomic E-state index is 0.378. The van der Waals surface area contributed by atoms with Crippen LogP contribution in [0.4, 0.5) is 26.3 Å². The zero-order chi connectivity index (χ0) is 18.0. The minimum atomic E-state index is -5.07. The summed E-state index contributed by atoms with van der Waals surface area (Å²) in [6.45, 7) is 0. The maximum absolute atomic E-state index is 13.4. The SMILES string of the molecule is N#CCc1ccnc(-c2ccccc2OC(F)(F)F)c1C(F)(F)F. The summed E-state index contributed by atoms with van der Waals surface area (Å²) in [5.74, 6) is -0.808. The van der Waals surface area contributed by atoms with Gasteiger partial charge in [-0.1, -0.05) is 12.1 Å². The van der Waals surface area contributed by atoms with Gasteiger partial charge < -0.3 is 4.74 Å². The molecule has 2 aromatic rings. The van der Waals surface area contributed by atoms with Crippen LogP contribution in [0.3, 0.4) is 0 Å². The molecule has 0 N–H and O–H groups in total. The van der Waals surface area contributed by atoms with Crippen molar-refractivity contribution >= 4 is 0 Å². The molecule has 1 heterocycles. The highest BCUT2D eigenvalue weighted by molar-refractivity contribution is 5.71. The third kappa shape index (κ3) is 3.95. The minimum Gasteiger partial charge on any atom is -0.405 e. The molecule has 1 aromatic heterocycles. The predicted octanol–water partition coefficient (Wildman–Crippen LogP) is 4.73. The average Bonchev–Trinajstić information content (AvgIpc) is 2.45. The van der Waals surface area contributed by atoms with Gasteiger partial charge in [0.15, 0.2) is 0 Å². The van der Waals surface area contributed by atoms with Gasteiger partial charge in [-0.05, 0) is 23.8 Å². The Labute approximate surface area is 132 Å². The summed E-state index contributed by atoms with van der Waals surface area (Å²) in [7, 11) is 0. The van der Waals surface area contributed by atoms with Gasteiger partial charge in [0.2, 0.25) is 0 Å². The second-order valence-corrected chi connectivity index (χ2v) is 4.57. The highest BCUT2D eigenvalue weighted by Gasteiger charge is 2.39. The van der Waals surface area contributed by atoms with Gasteiger partial charge in [-0.3, -0.25) is 4.98 Å². The molecule has 1 aromatic carbocycles. The number of pyridine rings is 1. The molecule has 0 spiro atoms. The molecular formula is C15H8F6N2O. The summed E-state index contributed by atoms with van der Waals surface area (Å²) in [5, 5.41) is 8.67. The van der Waals surface area contributed by atoms with Gasteiger partial charge >= 0.3 is 12.5 Å². The molecule has 2 rings (SSSR count). The topological polar surface area (TPSA) is 45.9 Å². The molecule has 126 valence electrons. The Bertz CT molecular complexity index is 777. The van der Waals surface area contributed by atoms with Crippen LogP contribution in [0, 0.1) is 11.3 Å². The molecule has 0 atom stereocenters. The second kappa shape index (κ2) is 6.39. The van der Waals surface area contributed by atoms with Crippen LogP contribution >= 0.6 is 0 Å². The van der Waals surface area contributed by atoms with E-state index in [0.717, 1.165) is 24.4 Å². The number of aromatic nitrogens is 1. The number of hydrogen-bond acceptors (Lipinski definition) is 3. The van der Waals surface area contributed by atoms with Crippen LogP contribution in [0.2, 0.25) is 0 Å². The Balaban J connectivity index is 2.70. The molecular weight excluding hydrogens is 338 g/mol. The first-order valence-corrected chi connectivity index (χ1v) is 6.40. The number of halogens is 6. The third-order valence-corrected chi connectivity index (χ3v) is 2.96. The molecule has 0 radical (unpaired) electrons. The van der Waals surface area contributed by atoms with Crippen LogP contribution in [-0.2, 0) is 12.6 Å². The standard InChI is InChI=1S/C15H8F6N2O/c16-14(17,18)12-9(5-7-22)6-8-23-13(12)10-3-1-2-4-11(10)24-15(19,20)21/h1-4,6,8H,5H2. The lowest BCUT2D eigenvalue weighted by Gasteiger charge is -2.18. The van der Waals surface area contributed by atoms with E-state index in [-0.39, 0.29) is 5.56 Å². The molecule has 0 aliphatic carbocycles. The van der Waals surface area contributed by atoms with Gasteiger partial charge in [0.25, 0.3) is 0 Å². The van der Waals surface area contributed by atoms with E-state index < -0.39 is 41.5 Å². The number of rotatable bonds is 3. The van der Waals surface area contributed by atoms with Gasteiger partial charge in [0.05, 0.1) is 23.7 Å². The number of ether oxygens (including phenoxy) is 1. The smallest absolute Gasteiger partial charge is 0.405 e. The molecule has 3 nitrogen and oxygen atoms in total. The normalized spacial score (nSPS) is 11.9. The molecule has 0 bridgehead atoms. The van der Waals surface area contributed by atoms with Gasteiger partial charge in [-0.2, -0.15) is 18.4 Å². The second-order valence-electron chi connectivity index (χ2n) is 4.57. The third-order valence-electron chi connectivity index (χ3n) is 2.96. The summed E-state index contributed by atoms with van der Waals surface area (Å²) in [6.07, 6.45) is -9.53. The Kier molecular flexibility index (Phi) is 4.68.